The molecule has 0 bridgehead atoms. The zero-order valence-corrected chi connectivity index (χ0v) is 12.1. The first kappa shape index (κ1) is 14.2. The number of nitrogens with zero attached hydrogens (tertiary/aromatic N) is 1. The maximum Gasteiger partial charge on any atom is 0.257 e. The maximum absolute atomic E-state index is 12.5. The van der Waals surface area contributed by atoms with E-state index < -0.39 is 0 Å². The lowest BCUT2D eigenvalue weighted by Gasteiger charge is -2.32. The highest BCUT2D eigenvalue weighted by atomic mass is 35.5. The molecule has 1 aromatic carbocycles. The van der Waals surface area contributed by atoms with Crippen LogP contribution in [0.25, 0.3) is 0 Å². The number of piperidine rings is 1. The van der Waals surface area contributed by atoms with E-state index in [-0.39, 0.29) is 5.91 Å². The van der Waals surface area contributed by atoms with Crippen LogP contribution in [0.3, 0.4) is 0 Å². The summed E-state index contributed by atoms with van der Waals surface area (Å²) in [5.74, 6) is 0.732. The fourth-order valence-electron chi connectivity index (χ4n) is 2.76. The van der Waals surface area contributed by atoms with Crippen LogP contribution in [-0.4, -0.2) is 23.9 Å². The molecule has 0 saturated carbocycles. The summed E-state index contributed by atoms with van der Waals surface area (Å²) >= 11 is 6.09. The van der Waals surface area contributed by atoms with Crippen LogP contribution in [0.5, 0.6) is 0 Å². The molecule has 1 aromatic rings. The Labute approximate surface area is 119 Å². The third-order valence-electron chi connectivity index (χ3n) is 3.86. The molecule has 1 heterocycles. The molecule has 1 aliphatic heterocycles. The van der Waals surface area contributed by atoms with Crippen molar-refractivity contribution < 1.29 is 4.79 Å². The van der Waals surface area contributed by atoms with Crippen LogP contribution in [-0.2, 0) is 0 Å². The van der Waals surface area contributed by atoms with Gasteiger partial charge in [0.05, 0.1) is 10.6 Å². The van der Waals surface area contributed by atoms with E-state index in [1.807, 2.05) is 4.90 Å². The molecule has 0 unspecified atom stereocenters. The average Bonchev–Trinajstić information content (AvgIpc) is 2.39. The van der Waals surface area contributed by atoms with Crippen molar-refractivity contribution in [2.75, 3.05) is 18.8 Å². The van der Waals surface area contributed by atoms with Crippen LogP contribution in [0, 0.1) is 5.92 Å². The van der Waals surface area contributed by atoms with E-state index in [2.05, 4.69) is 6.92 Å². The van der Waals surface area contributed by atoms with E-state index in [1.54, 1.807) is 18.2 Å². The predicted octanol–water partition coefficient (Wildman–Crippen LogP) is 3.57. The number of carbonyl (C=O) groups is 1. The van der Waals surface area contributed by atoms with Crippen LogP contribution in [0.15, 0.2) is 18.2 Å². The van der Waals surface area contributed by atoms with Crippen molar-refractivity contribution in [3.05, 3.63) is 28.8 Å². The van der Waals surface area contributed by atoms with Crippen LogP contribution >= 0.6 is 11.6 Å². The molecule has 1 amide bonds. The fourth-order valence-corrected chi connectivity index (χ4v) is 3.02. The van der Waals surface area contributed by atoms with E-state index in [9.17, 15) is 4.79 Å². The second-order valence-corrected chi connectivity index (χ2v) is 5.64. The highest BCUT2D eigenvalue weighted by Crippen LogP contribution is 2.27. The number of benzene rings is 1. The highest BCUT2D eigenvalue weighted by molar-refractivity contribution is 6.34. The van der Waals surface area contributed by atoms with E-state index in [0.29, 0.717) is 16.3 Å². The first-order valence-corrected chi connectivity index (χ1v) is 7.34. The van der Waals surface area contributed by atoms with Crippen molar-refractivity contribution in [2.45, 2.75) is 32.6 Å². The maximum atomic E-state index is 12.5. The molecule has 2 rings (SSSR count). The zero-order chi connectivity index (χ0) is 13.8. The van der Waals surface area contributed by atoms with Crippen molar-refractivity contribution in [1.29, 1.82) is 0 Å². The van der Waals surface area contributed by atoms with Crippen LogP contribution in [0.4, 0.5) is 5.69 Å². The molecule has 4 heteroatoms. The number of hydrogen-bond donors (Lipinski definition) is 1. The number of nitrogens with two attached hydrogens (primary N) is 1. The Hall–Kier alpha value is -1.22. The molecule has 0 spiro atoms. The van der Waals surface area contributed by atoms with Crippen LogP contribution in [0.2, 0.25) is 5.02 Å². The van der Waals surface area contributed by atoms with Crippen LogP contribution < -0.4 is 5.73 Å². The van der Waals surface area contributed by atoms with Gasteiger partial charge in [0.1, 0.15) is 0 Å². The summed E-state index contributed by atoms with van der Waals surface area (Å²) < 4.78 is 0. The third kappa shape index (κ3) is 3.21. The van der Waals surface area contributed by atoms with Gasteiger partial charge in [0.15, 0.2) is 0 Å². The van der Waals surface area contributed by atoms with Crippen molar-refractivity contribution in [2.24, 2.45) is 5.92 Å². The third-order valence-corrected chi connectivity index (χ3v) is 4.17. The first-order valence-electron chi connectivity index (χ1n) is 6.96. The quantitative estimate of drug-likeness (QED) is 0.860. The Balaban J connectivity index is 2.05. The van der Waals surface area contributed by atoms with Crippen molar-refractivity contribution in [3.8, 4) is 0 Å². The van der Waals surface area contributed by atoms with Gasteiger partial charge >= 0.3 is 0 Å². The average molecular weight is 281 g/mol. The fraction of sp³-hybridized carbons (Fsp3) is 0.533. The molecule has 104 valence electrons. The second kappa shape index (κ2) is 6.29. The minimum atomic E-state index is -0.0296. The number of likely N-dealkylation sites (tertiary alicyclic amines) is 1. The van der Waals surface area contributed by atoms with E-state index >= 15 is 0 Å². The molecule has 1 aliphatic rings. The van der Waals surface area contributed by atoms with Gasteiger partial charge in [-0.05, 0) is 30.9 Å². The summed E-state index contributed by atoms with van der Waals surface area (Å²) in [5, 5.41) is 0.445. The number of halogens is 1. The van der Waals surface area contributed by atoms with E-state index in [0.717, 1.165) is 31.8 Å². The molecule has 1 saturated heterocycles. The number of nitrogen functional groups attached to an aromatic ring is 1. The lowest BCUT2D eigenvalue weighted by molar-refractivity contribution is 0.0688. The topological polar surface area (TPSA) is 46.3 Å². The normalized spacial score (nSPS) is 16.6. The van der Waals surface area contributed by atoms with Gasteiger partial charge in [-0.15, -0.1) is 0 Å². The monoisotopic (exact) mass is 280 g/mol. The summed E-state index contributed by atoms with van der Waals surface area (Å²) in [5.41, 5.74) is 6.79. The second-order valence-electron chi connectivity index (χ2n) is 5.23. The van der Waals surface area contributed by atoms with Gasteiger partial charge in [0, 0.05) is 18.8 Å². The molecule has 2 N–H and O–H groups in total. The molecule has 1 fully saturated rings. The predicted molar refractivity (Wildman–Crippen MR) is 79.4 cm³/mol. The summed E-state index contributed by atoms with van der Waals surface area (Å²) in [7, 11) is 0. The Morgan fingerprint density at radius 1 is 1.42 bits per heavy atom. The lowest BCUT2D eigenvalue weighted by atomic mass is 9.92. The van der Waals surface area contributed by atoms with Crippen molar-refractivity contribution in [3.63, 3.8) is 0 Å². The standard InChI is InChI=1S/C15H21ClN2O/c1-2-4-11-7-9-18(10-8-11)15(19)14-12(16)5-3-6-13(14)17/h3,5-6,11H,2,4,7-10,17H2,1H3. The Morgan fingerprint density at radius 3 is 2.68 bits per heavy atom. The summed E-state index contributed by atoms with van der Waals surface area (Å²) in [6, 6.07) is 5.21. The number of amides is 1. The van der Waals surface area contributed by atoms with Gasteiger partial charge < -0.3 is 10.6 Å². The van der Waals surface area contributed by atoms with Gasteiger partial charge in [-0.3, -0.25) is 4.79 Å². The SMILES string of the molecule is CCCC1CCN(C(=O)c2c(N)cccc2Cl)CC1. The molecular formula is C15H21ClN2O. The van der Waals surface area contributed by atoms with Gasteiger partial charge in [0.2, 0.25) is 0 Å². The number of anilines is 1. The first-order chi connectivity index (χ1) is 9.13. The highest BCUT2D eigenvalue weighted by Gasteiger charge is 2.25. The van der Waals surface area contributed by atoms with E-state index in [4.69, 9.17) is 17.3 Å². The Bertz CT molecular complexity index is 433. The minimum Gasteiger partial charge on any atom is -0.398 e. The molecule has 0 aliphatic carbocycles. The molecule has 0 atom stereocenters. The Morgan fingerprint density at radius 2 is 2.11 bits per heavy atom. The summed E-state index contributed by atoms with van der Waals surface area (Å²) in [6.07, 6.45) is 4.65. The number of rotatable bonds is 3. The summed E-state index contributed by atoms with van der Waals surface area (Å²) in [6.45, 7) is 3.84. The molecule has 3 nitrogen and oxygen atoms in total. The van der Waals surface area contributed by atoms with Gasteiger partial charge in [-0.1, -0.05) is 37.4 Å². The van der Waals surface area contributed by atoms with Crippen LogP contribution in [0.1, 0.15) is 43.0 Å². The molecule has 19 heavy (non-hydrogen) atoms. The van der Waals surface area contributed by atoms with Gasteiger partial charge in [-0.25, -0.2) is 0 Å². The van der Waals surface area contributed by atoms with E-state index in [1.165, 1.54) is 12.8 Å². The molecule has 0 aromatic heterocycles. The molecule has 0 radical (unpaired) electrons. The lowest BCUT2D eigenvalue weighted by Crippen LogP contribution is -2.38. The zero-order valence-electron chi connectivity index (χ0n) is 11.4. The smallest absolute Gasteiger partial charge is 0.257 e. The summed E-state index contributed by atoms with van der Waals surface area (Å²) in [4.78, 5) is 14.3. The van der Waals surface area contributed by atoms with Crippen molar-refractivity contribution >= 4 is 23.2 Å². The largest absolute Gasteiger partial charge is 0.398 e. The van der Waals surface area contributed by atoms with Gasteiger partial charge in [-0.2, -0.15) is 0 Å². The van der Waals surface area contributed by atoms with Crippen molar-refractivity contribution in [1.82, 2.24) is 4.90 Å². The van der Waals surface area contributed by atoms with Gasteiger partial charge in [0.25, 0.3) is 5.91 Å². The number of carbonyl (C=O) groups excluding carboxylic acids is 1. The minimum absolute atomic E-state index is 0.0296. The Kier molecular flexibility index (Phi) is 4.70. The molecular weight excluding hydrogens is 260 g/mol. The number of hydrogen-bond acceptors (Lipinski definition) is 2.